The molecule has 0 saturated heterocycles. The summed E-state index contributed by atoms with van der Waals surface area (Å²) in [6, 6.07) is 6.00. The van der Waals surface area contributed by atoms with Gasteiger partial charge in [-0.15, -0.1) is 0 Å². The molecule has 0 unspecified atom stereocenters. The van der Waals surface area contributed by atoms with Gasteiger partial charge in [-0.25, -0.2) is 0 Å². The van der Waals surface area contributed by atoms with Crippen molar-refractivity contribution < 1.29 is 9.47 Å². The van der Waals surface area contributed by atoms with Crippen molar-refractivity contribution in [1.82, 2.24) is 0 Å². The van der Waals surface area contributed by atoms with Gasteiger partial charge in [0.15, 0.2) is 6.29 Å². The molecule has 0 heterocycles. The van der Waals surface area contributed by atoms with Crippen LogP contribution in [0.4, 0.5) is 0 Å². The molecule has 0 saturated carbocycles. The number of benzene rings is 1. The van der Waals surface area contributed by atoms with E-state index in [0.717, 1.165) is 28.8 Å². The van der Waals surface area contributed by atoms with Crippen molar-refractivity contribution in [3.63, 3.8) is 0 Å². The summed E-state index contributed by atoms with van der Waals surface area (Å²) >= 11 is 9.34. The molecule has 0 bridgehead atoms. The standard InChI is InChI=1S/C12H16BrClO2/c1-15-12(16-2)5-3-4-9-6-7-11(14)10(13)8-9/h6-8,12H,3-5H2,1-2H3. The van der Waals surface area contributed by atoms with Gasteiger partial charge in [0.2, 0.25) is 0 Å². The smallest absolute Gasteiger partial charge is 0.156 e. The normalized spacial score (nSPS) is 11.1. The van der Waals surface area contributed by atoms with Crippen LogP contribution in [0.3, 0.4) is 0 Å². The van der Waals surface area contributed by atoms with E-state index in [9.17, 15) is 0 Å². The van der Waals surface area contributed by atoms with E-state index < -0.39 is 0 Å². The van der Waals surface area contributed by atoms with Crippen LogP contribution in [0.15, 0.2) is 22.7 Å². The number of rotatable bonds is 6. The molecule has 0 aliphatic carbocycles. The molecule has 0 N–H and O–H groups in total. The molecule has 0 amide bonds. The Labute approximate surface area is 110 Å². The highest BCUT2D eigenvalue weighted by Crippen LogP contribution is 2.24. The highest BCUT2D eigenvalue weighted by atomic mass is 79.9. The predicted molar refractivity (Wildman–Crippen MR) is 69.9 cm³/mol. The van der Waals surface area contributed by atoms with Crippen LogP contribution in [0.25, 0.3) is 0 Å². The van der Waals surface area contributed by atoms with Crippen LogP contribution in [-0.4, -0.2) is 20.5 Å². The Hall–Kier alpha value is -0.0900. The fraction of sp³-hybridized carbons (Fsp3) is 0.500. The maximum absolute atomic E-state index is 5.92. The van der Waals surface area contributed by atoms with E-state index in [1.807, 2.05) is 12.1 Å². The van der Waals surface area contributed by atoms with E-state index in [1.165, 1.54) is 5.56 Å². The van der Waals surface area contributed by atoms with Gasteiger partial charge in [0.05, 0.1) is 5.02 Å². The van der Waals surface area contributed by atoms with Crippen LogP contribution >= 0.6 is 27.5 Å². The minimum atomic E-state index is -0.101. The molecule has 0 radical (unpaired) electrons. The Morgan fingerprint density at radius 3 is 2.56 bits per heavy atom. The molecule has 0 aliphatic rings. The first-order chi connectivity index (χ1) is 7.67. The maximum Gasteiger partial charge on any atom is 0.156 e. The Balaban J connectivity index is 2.40. The molecule has 1 aromatic carbocycles. The number of halogens is 2. The van der Waals surface area contributed by atoms with Crippen molar-refractivity contribution in [2.45, 2.75) is 25.6 Å². The first-order valence-electron chi connectivity index (χ1n) is 5.17. The van der Waals surface area contributed by atoms with Crippen LogP contribution in [-0.2, 0) is 15.9 Å². The third-order valence-electron chi connectivity index (χ3n) is 2.42. The topological polar surface area (TPSA) is 18.5 Å². The predicted octanol–water partition coefficient (Wildman–Crippen LogP) is 4.04. The molecule has 0 spiro atoms. The second kappa shape index (κ2) is 7.28. The molecular weight excluding hydrogens is 291 g/mol. The summed E-state index contributed by atoms with van der Waals surface area (Å²) < 4.78 is 11.2. The molecule has 16 heavy (non-hydrogen) atoms. The summed E-state index contributed by atoms with van der Waals surface area (Å²) in [5, 5.41) is 0.746. The van der Waals surface area contributed by atoms with Crippen molar-refractivity contribution in [3.8, 4) is 0 Å². The van der Waals surface area contributed by atoms with Gasteiger partial charge in [0.25, 0.3) is 0 Å². The first kappa shape index (κ1) is 14.0. The van der Waals surface area contributed by atoms with Crippen LogP contribution in [0.5, 0.6) is 0 Å². The maximum atomic E-state index is 5.92. The summed E-state index contributed by atoms with van der Waals surface area (Å²) in [5.74, 6) is 0. The minimum absolute atomic E-state index is 0.101. The second-order valence-electron chi connectivity index (χ2n) is 3.54. The number of aryl methyl sites for hydroxylation is 1. The van der Waals surface area contributed by atoms with Crippen LogP contribution in [0.2, 0.25) is 5.02 Å². The van der Waals surface area contributed by atoms with Gasteiger partial charge in [0, 0.05) is 18.7 Å². The van der Waals surface area contributed by atoms with Crippen LogP contribution in [0, 0.1) is 0 Å². The number of hydrogen-bond acceptors (Lipinski definition) is 2. The van der Waals surface area contributed by atoms with Crippen LogP contribution in [0.1, 0.15) is 18.4 Å². The first-order valence-corrected chi connectivity index (χ1v) is 6.34. The quantitative estimate of drug-likeness (QED) is 0.738. The Kier molecular flexibility index (Phi) is 6.36. The van der Waals surface area contributed by atoms with Gasteiger partial charge in [-0.3, -0.25) is 0 Å². The minimum Gasteiger partial charge on any atom is -0.356 e. The third-order valence-corrected chi connectivity index (χ3v) is 3.63. The highest BCUT2D eigenvalue weighted by molar-refractivity contribution is 9.10. The van der Waals surface area contributed by atoms with Gasteiger partial charge in [-0.1, -0.05) is 17.7 Å². The lowest BCUT2D eigenvalue weighted by molar-refractivity contribution is -0.106. The van der Waals surface area contributed by atoms with Crippen LogP contribution < -0.4 is 0 Å². The fourth-order valence-corrected chi connectivity index (χ4v) is 2.04. The fourth-order valence-electron chi connectivity index (χ4n) is 1.50. The van der Waals surface area contributed by atoms with E-state index in [-0.39, 0.29) is 6.29 Å². The SMILES string of the molecule is COC(CCCc1ccc(Cl)c(Br)c1)OC. The Bertz CT molecular complexity index is 327. The molecule has 90 valence electrons. The summed E-state index contributed by atoms with van der Waals surface area (Å²) in [4.78, 5) is 0. The average Bonchev–Trinajstić information content (AvgIpc) is 2.29. The highest BCUT2D eigenvalue weighted by Gasteiger charge is 2.05. The van der Waals surface area contributed by atoms with Gasteiger partial charge in [-0.2, -0.15) is 0 Å². The van der Waals surface area contributed by atoms with Gasteiger partial charge < -0.3 is 9.47 Å². The lowest BCUT2D eigenvalue weighted by Crippen LogP contribution is -2.12. The number of ether oxygens (including phenoxy) is 2. The van der Waals surface area contributed by atoms with Gasteiger partial charge >= 0.3 is 0 Å². The number of hydrogen-bond donors (Lipinski definition) is 0. The molecule has 1 rings (SSSR count). The summed E-state index contributed by atoms with van der Waals surface area (Å²) in [6.07, 6.45) is 2.82. The summed E-state index contributed by atoms with van der Waals surface area (Å²) in [5.41, 5.74) is 1.27. The number of methoxy groups -OCH3 is 2. The largest absolute Gasteiger partial charge is 0.356 e. The molecule has 4 heteroatoms. The Morgan fingerprint density at radius 2 is 2.00 bits per heavy atom. The van der Waals surface area contributed by atoms with E-state index in [2.05, 4.69) is 22.0 Å². The molecular formula is C12H16BrClO2. The molecule has 0 aliphatic heterocycles. The lowest BCUT2D eigenvalue weighted by Gasteiger charge is -2.12. The van der Waals surface area contributed by atoms with E-state index >= 15 is 0 Å². The zero-order valence-electron chi connectivity index (χ0n) is 9.50. The molecule has 0 aromatic heterocycles. The molecule has 1 aromatic rings. The molecule has 2 nitrogen and oxygen atoms in total. The van der Waals surface area contributed by atoms with Crippen molar-refractivity contribution >= 4 is 27.5 Å². The lowest BCUT2D eigenvalue weighted by atomic mass is 10.1. The van der Waals surface area contributed by atoms with Crippen molar-refractivity contribution in [1.29, 1.82) is 0 Å². The van der Waals surface area contributed by atoms with Crippen molar-refractivity contribution in [2.75, 3.05) is 14.2 Å². The van der Waals surface area contributed by atoms with E-state index in [0.29, 0.717) is 0 Å². The summed E-state index contributed by atoms with van der Waals surface area (Å²) in [6.45, 7) is 0. The molecule has 0 fully saturated rings. The molecule has 0 atom stereocenters. The van der Waals surface area contributed by atoms with Gasteiger partial charge in [-0.05, 0) is 52.9 Å². The zero-order valence-corrected chi connectivity index (χ0v) is 11.8. The van der Waals surface area contributed by atoms with Gasteiger partial charge in [0.1, 0.15) is 0 Å². The Morgan fingerprint density at radius 1 is 1.31 bits per heavy atom. The average molecular weight is 308 g/mol. The second-order valence-corrected chi connectivity index (χ2v) is 4.80. The summed E-state index contributed by atoms with van der Waals surface area (Å²) in [7, 11) is 3.32. The van der Waals surface area contributed by atoms with Crippen molar-refractivity contribution in [2.24, 2.45) is 0 Å². The van der Waals surface area contributed by atoms with E-state index in [4.69, 9.17) is 21.1 Å². The zero-order chi connectivity index (χ0) is 12.0. The van der Waals surface area contributed by atoms with E-state index in [1.54, 1.807) is 14.2 Å². The third kappa shape index (κ3) is 4.42. The monoisotopic (exact) mass is 306 g/mol. The van der Waals surface area contributed by atoms with Crippen molar-refractivity contribution in [3.05, 3.63) is 33.3 Å².